The number of nitriles is 1. The molecule has 1 unspecified atom stereocenters. The number of imidazole rings is 1. The average Bonchev–Trinajstić information content (AvgIpc) is 2.76. The van der Waals surface area contributed by atoms with Crippen molar-refractivity contribution in [2.75, 3.05) is 0 Å². The third-order valence-electron chi connectivity index (χ3n) is 3.20. The summed E-state index contributed by atoms with van der Waals surface area (Å²) in [5, 5.41) is 8.94. The van der Waals surface area contributed by atoms with Crippen molar-refractivity contribution in [2.45, 2.75) is 59.0 Å². The smallest absolute Gasteiger partial charge is 0.0949 e. The van der Waals surface area contributed by atoms with Crippen LogP contribution in [0.1, 0.15) is 45.7 Å². The molecule has 1 aromatic heterocycles. The van der Waals surface area contributed by atoms with Gasteiger partial charge >= 0.3 is 0 Å². The molecule has 0 amide bonds. The van der Waals surface area contributed by atoms with Gasteiger partial charge in [0, 0.05) is 25.2 Å². The average molecular weight is 248 g/mol. The highest BCUT2D eigenvalue weighted by Crippen LogP contribution is 2.21. The molecular formula is C14H24N4. The summed E-state index contributed by atoms with van der Waals surface area (Å²) >= 11 is 0. The maximum Gasteiger partial charge on any atom is 0.0949 e. The lowest BCUT2D eigenvalue weighted by atomic mass is 9.90. The van der Waals surface area contributed by atoms with Gasteiger partial charge < -0.3 is 10.3 Å². The van der Waals surface area contributed by atoms with Crippen LogP contribution in [-0.2, 0) is 13.0 Å². The van der Waals surface area contributed by atoms with E-state index in [0.717, 1.165) is 37.9 Å². The summed E-state index contributed by atoms with van der Waals surface area (Å²) in [5.74, 6) is 0. The number of nitrogens with zero attached hydrogens (tertiary/aromatic N) is 3. The zero-order chi connectivity index (χ0) is 13.6. The van der Waals surface area contributed by atoms with Crippen molar-refractivity contribution in [1.82, 2.24) is 9.55 Å². The summed E-state index contributed by atoms with van der Waals surface area (Å²) < 4.78 is 2.09. The Bertz CT molecular complexity index is 400. The zero-order valence-electron chi connectivity index (χ0n) is 11.7. The molecule has 1 rings (SSSR count). The van der Waals surface area contributed by atoms with Gasteiger partial charge in [-0.3, -0.25) is 0 Å². The second-order valence-electron chi connectivity index (χ2n) is 5.57. The molecule has 0 saturated carbocycles. The van der Waals surface area contributed by atoms with E-state index in [0.29, 0.717) is 0 Å². The van der Waals surface area contributed by atoms with Crippen LogP contribution in [0.2, 0.25) is 0 Å². The van der Waals surface area contributed by atoms with Crippen LogP contribution in [0.15, 0.2) is 12.5 Å². The van der Waals surface area contributed by atoms with Gasteiger partial charge in [0.15, 0.2) is 0 Å². The summed E-state index contributed by atoms with van der Waals surface area (Å²) in [4.78, 5) is 4.36. The van der Waals surface area contributed by atoms with Gasteiger partial charge in [0.1, 0.15) is 0 Å². The third kappa shape index (κ3) is 4.89. The predicted octanol–water partition coefficient (Wildman–Crippen LogP) is 2.49. The molecule has 0 aromatic carbocycles. The van der Waals surface area contributed by atoms with E-state index in [4.69, 9.17) is 11.0 Å². The topological polar surface area (TPSA) is 67.6 Å². The van der Waals surface area contributed by atoms with Crippen LogP contribution >= 0.6 is 0 Å². The van der Waals surface area contributed by atoms with E-state index in [1.54, 1.807) is 0 Å². The molecular weight excluding hydrogens is 224 g/mol. The van der Waals surface area contributed by atoms with Gasteiger partial charge in [0.2, 0.25) is 0 Å². The Balaban J connectivity index is 2.38. The summed E-state index contributed by atoms with van der Waals surface area (Å²) in [6, 6.07) is 2.52. The van der Waals surface area contributed by atoms with Crippen molar-refractivity contribution < 1.29 is 0 Å². The van der Waals surface area contributed by atoms with E-state index < -0.39 is 0 Å². The molecule has 1 aromatic rings. The lowest BCUT2D eigenvalue weighted by Gasteiger charge is -2.14. The molecule has 0 saturated heterocycles. The van der Waals surface area contributed by atoms with E-state index in [9.17, 15) is 0 Å². The highest BCUT2D eigenvalue weighted by atomic mass is 15.0. The van der Waals surface area contributed by atoms with Crippen molar-refractivity contribution in [2.24, 2.45) is 11.1 Å². The van der Waals surface area contributed by atoms with Gasteiger partial charge in [-0.1, -0.05) is 6.92 Å². The van der Waals surface area contributed by atoms with E-state index in [-0.39, 0.29) is 11.5 Å². The van der Waals surface area contributed by atoms with Crippen molar-refractivity contribution in [3.05, 3.63) is 18.2 Å². The van der Waals surface area contributed by atoms with Crippen LogP contribution in [0.4, 0.5) is 0 Å². The fraction of sp³-hybridized carbons (Fsp3) is 0.714. The first kappa shape index (κ1) is 14.7. The number of nitrogens with two attached hydrogens (primary N) is 1. The molecule has 0 aliphatic heterocycles. The van der Waals surface area contributed by atoms with Crippen LogP contribution in [0.25, 0.3) is 0 Å². The van der Waals surface area contributed by atoms with Gasteiger partial charge in [0.05, 0.1) is 23.5 Å². The minimum Gasteiger partial charge on any atom is -0.337 e. The third-order valence-corrected chi connectivity index (χ3v) is 3.20. The van der Waals surface area contributed by atoms with Crippen LogP contribution in [0.5, 0.6) is 0 Å². The molecule has 0 aliphatic carbocycles. The molecule has 1 atom stereocenters. The summed E-state index contributed by atoms with van der Waals surface area (Å²) in [5.41, 5.74) is 6.74. The molecule has 4 nitrogen and oxygen atoms in total. The Morgan fingerprint density at radius 1 is 1.56 bits per heavy atom. The first-order valence-electron chi connectivity index (χ1n) is 6.64. The highest BCUT2D eigenvalue weighted by molar-refractivity contribution is 4.99. The molecule has 0 aliphatic rings. The van der Waals surface area contributed by atoms with Crippen LogP contribution in [-0.4, -0.2) is 15.6 Å². The normalized spacial score (nSPS) is 13.3. The lowest BCUT2D eigenvalue weighted by molar-refractivity contribution is 0.415. The fourth-order valence-corrected chi connectivity index (χ4v) is 1.81. The second-order valence-corrected chi connectivity index (χ2v) is 5.57. The van der Waals surface area contributed by atoms with Crippen LogP contribution < -0.4 is 5.73 Å². The molecule has 1 heterocycles. The Kier molecular flexibility index (Phi) is 5.36. The first-order chi connectivity index (χ1) is 8.46. The largest absolute Gasteiger partial charge is 0.337 e. The zero-order valence-corrected chi connectivity index (χ0v) is 11.7. The van der Waals surface area contributed by atoms with E-state index >= 15 is 0 Å². The molecule has 0 fully saturated rings. The van der Waals surface area contributed by atoms with Gasteiger partial charge in [-0.15, -0.1) is 0 Å². The fourth-order valence-electron chi connectivity index (χ4n) is 1.81. The number of hydrogen-bond acceptors (Lipinski definition) is 3. The predicted molar refractivity (Wildman–Crippen MR) is 72.8 cm³/mol. The van der Waals surface area contributed by atoms with Gasteiger partial charge in [0.25, 0.3) is 0 Å². The highest BCUT2D eigenvalue weighted by Gasteiger charge is 2.15. The number of aromatic nitrogens is 2. The molecule has 18 heavy (non-hydrogen) atoms. The van der Waals surface area contributed by atoms with E-state index in [2.05, 4.69) is 28.7 Å². The Morgan fingerprint density at radius 3 is 2.89 bits per heavy atom. The van der Waals surface area contributed by atoms with Crippen molar-refractivity contribution in [1.29, 1.82) is 5.26 Å². The Labute approximate surface area is 110 Å². The van der Waals surface area contributed by atoms with Crippen molar-refractivity contribution in [3.8, 4) is 6.07 Å². The first-order valence-corrected chi connectivity index (χ1v) is 6.64. The van der Waals surface area contributed by atoms with E-state index in [1.165, 1.54) is 0 Å². The molecule has 100 valence electrons. The van der Waals surface area contributed by atoms with Gasteiger partial charge in [-0.05, 0) is 33.1 Å². The number of aryl methyl sites for hydroxylation is 1. The van der Waals surface area contributed by atoms with Gasteiger partial charge in [-0.25, -0.2) is 4.98 Å². The second kappa shape index (κ2) is 6.55. The minimum atomic E-state index is -0.228. The molecule has 0 bridgehead atoms. The maximum absolute atomic E-state index is 8.94. The Hall–Kier alpha value is -1.34. The standard InChI is InChI=1S/C14H24N4/c1-4-12(16)8-13-9-18(11-17-13)7-5-6-14(2,3)10-15/h9,11-12H,4-8,16H2,1-3H3. The van der Waals surface area contributed by atoms with Crippen LogP contribution in [0, 0.1) is 16.7 Å². The van der Waals surface area contributed by atoms with Crippen molar-refractivity contribution in [3.63, 3.8) is 0 Å². The lowest BCUT2D eigenvalue weighted by Crippen LogP contribution is -2.21. The number of rotatable bonds is 7. The summed E-state index contributed by atoms with van der Waals surface area (Å²) in [6.45, 7) is 6.96. The van der Waals surface area contributed by atoms with Gasteiger partial charge in [-0.2, -0.15) is 5.26 Å². The molecule has 2 N–H and O–H groups in total. The molecule has 0 spiro atoms. The summed E-state index contributed by atoms with van der Waals surface area (Å²) in [6.07, 6.45) is 7.64. The molecule has 4 heteroatoms. The van der Waals surface area contributed by atoms with E-state index in [1.807, 2.05) is 20.2 Å². The monoisotopic (exact) mass is 248 g/mol. The number of hydrogen-bond donors (Lipinski definition) is 1. The summed E-state index contributed by atoms with van der Waals surface area (Å²) in [7, 11) is 0. The van der Waals surface area contributed by atoms with Crippen molar-refractivity contribution >= 4 is 0 Å². The molecule has 0 radical (unpaired) electrons. The minimum absolute atomic E-state index is 0.200. The van der Waals surface area contributed by atoms with Crippen LogP contribution in [0.3, 0.4) is 0 Å². The quantitative estimate of drug-likeness (QED) is 0.806. The SMILES string of the molecule is CCC(N)Cc1cn(CCCC(C)(C)C#N)cn1. The Morgan fingerprint density at radius 2 is 2.28 bits per heavy atom. The maximum atomic E-state index is 8.94.